The fraction of sp³-hybridized carbons (Fsp3) is 1.00. The fourth-order valence-corrected chi connectivity index (χ4v) is 5.58. The van der Waals surface area contributed by atoms with Gasteiger partial charge < -0.3 is 14.3 Å². The molecular formula is C13H28O3Si. The molecule has 0 aromatic heterocycles. The first-order valence-electron chi connectivity index (χ1n) is 7.11. The Morgan fingerprint density at radius 3 is 2.41 bits per heavy atom. The van der Waals surface area contributed by atoms with Crippen molar-refractivity contribution in [2.24, 2.45) is 0 Å². The van der Waals surface area contributed by atoms with Crippen molar-refractivity contribution in [1.29, 1.82) is 0 Å². The first kappa shape index (κ1) is 15.2. The maximum Gasteiger partial charge on any atom is 0.192 e. The number of rotatable bonds is 7. The Balaban J connectivity index is 2.61. The van der Waals surface area contributed by atoms with Gasteiger partial charge in [0, 0.05) is 13.2 Å². The van der Waals surface area contributed by atoms with Crippen LogP contribution in [0.2, 0.25) is 18.1 Å². The van der Waals surface area contributed by atoms with E-state index in [1.165, 1.54) is 18.1 Å². The second-order valence-electron chi connectivity index (χ2n) is 4.96. The molecule has 0 unspecified atom stereocenters. The van der Waals surface area contributed by atoms with Crippen LogP contribution < -0.4 is 0 Å². The molecule has 0 bridgehead atoms. The minimum atomic E-state index is -1.54. The van der Waals surface area contributed by atoms with Crippen LogP contribution in [-0.2, 0) is 9.16 Å². The summed E-state index contributed by atoms with van der Waals surface area (Å²) in [6, 6.07) is 3.55. The van der Waals surface area contributed by atoms with Crippen LogP contribution >= 0.6 is 0 Å². The normalized spacial score (nSPS) is 26.1. The first-order chi connectivity index (χ1) is 8.21. The van der Waals surface area contributed by atoms with E-state index in [0.717, 1.165) is 19.4 Å². The monoisotopic (exact) mass is 260 g/mol. The molecule has 1 saturated heterocycles. The molecule has 1 rings (SSSR count). The Morgan fingerprint density at radius 2 is 1.88 bits per heavy atom. The van der Waals surface area contributed by atoms with Gasteiger partial charge in [0.25, 0.3) is 0 Å². The molecule has 2 atom stereocenters. The molecule has 102 valence electrons. The summed E-state index contributed by atoms with van der Waals surface area (Å²) in [5.74, 6) is 0. The molecule has 0 radical (unpaired) electrons. The van der Waals surface area contributed by atoms with Gasteiger partial charge in [-0.2, -0.15) is 0 Å². The van der Waals surface area contributed by atoms with Gasteiger partial charge in [0.05, 0.1) is 12.2 Å². The van der Waals surface area contributed by atoms with Crippen molar-refractivity contribution in [3.05, 3.63) is 0 Å². The highest BCUT2D eigenvalue weighted by molar-refractivity contribution is 6.73. The maximum absolute atomic E-state index is 9.08. The molecule has 0 saturated carbocycles. The van der Waals surface area contributed by atoms with Crippen LogP contribution in [0.25, 0.3) is 0 Å². The smallest absolute Gasteiger partial charge is 0.192 e. The second-order valence-corrected chi connectivity index (χ2v) is 9.69. The van der Waals surface area contributed by atoms with Crippen molar-refractivity contribution in [1.82, 2.24) is 0 Å². The molecule has 1 N–H and O–H groups in total. The molecule has 0 aromatic rings. The molecule has 0 spiro atoms. The van der Waals surface area contributed by atoms with Crippen LogP contribution in [0.15, 0.2) is 0 Å². The van der Waals surface area contributed by atoms with Gasteiger partial charge in [-0.1, -0.05) is 20.8 Å². The van der Waals surface area contributed by atoms with E-state index in [1.807, 2.05) is 0 Å². The quantitative estimate of drug-likeness (QED) is 0.715. The molecule has 1 heterocycles. The summed E-state index contributed by atoms with van der Waals surface area (Å²) in [5, 5.41) is 9.08. The first-order valence-corrected chi connectivity index (χ1v) is 9.64. The number of hydrogen-bond acceptors (Lipinski definition) is 3. The van der Waals surface area contributed by atoms with Crippen molar-refractivity contribution < 1.29 is 14.3 Å². The molecule has 3 nitrogen and oxygen atoms in total. The van der Waals surface area contributed by atoms with Crippen molar-refractivity contribution in [2.75, 3.05) is 13.2 Å². The lowest BCUT2D eigenvalue weighted by Gasteiger charge is -2.39. The summed E-state index contributed by atoms with van der Waals surface area (Å²) in [5.41, 5.74) is 0. The van der Waals surface area contributed by atoms with Crippen LogP contribution in [0.3, 0.4) is 0 Å². The molecule has 1 aliphatic heterocycles. The number of ether oxygens (including phenoxy) is 1. The minimum absolute atomic E-state index is 0.116. The van der Waals surface area contributed by atoms with E-state index in [0.29, 0.717) is 6.42 Å². The van der Waals surface area contributed by atoms with Gasteiger partial charge >= 0.3 is 0 Å². The molecule has 0 aliphatic carbocycles. The third-order valence-corrected chi connectivity index (χ3v) is 8.80. The van der Waals surface area contributed by atoms with Crippen LogP contribution in [0.5, 0.6) is 0 Å². The minimum Gasteiger partial charge on any atom is -0.411 e. The molecule has 1 aliphatic rings. The Hall–Kier alpha value is 0.0969. The molecule has 0 amide bonds. The highest BCUT2D eigenvalue weighted by Crippen LogP contribution is 2.29. The Bertz CT molecular complexity index is 197. The number of hydrogen-bond donors (Lipinski definition) is 1. The lowest BCUT2D eigenvalue weighted by atomic mass is 10.0. The van der Waals surface area contributed by atoms with Crippen LogP contribution in [0, 0.1) is 0 Å². The summed E-state index contributed by atoms with van der Waals surface area (Å²) in [4.78, 5) is 0. The van der Waals surface area contributed by atoms with Gasteiger partial charge in [-0.25, -0.2) is 0 Å². The molecular weight excluding hydrogens is 232 g/mol. The maximum atomic E-state index is 9.08. The number of aliphatic hydroxyl groups excluding tert-OH is 1. The van der Waals surface area contributed by atoms with E-state index in [2.05, 4.69) is 20.8 Å². The van der Waals surface area contributed by atoms with E-state index in [1.54, 1.807) is 0 Å². The van der Waals surface area contributed by atoms with Crippen molar-refractivity contribution in [2.45, 2.75) is 70.4 Å². The van der Waals surface area contributed by atoms with Gasteiger partial charge in [-0.3, -0.25) is 0 Å². The van der Waals surface area contributed by atoms with Crippen molar-refractivity contribution >= 4 is 8.32 Å². The SMILES string of the molecule is CC[Si](CC)(CC)O[C@H]1CCCO[C@@H]1CCO. The highest BCUT2D eigenvalue weighted by Gasteiger charge is 2.36. The standard InChI is InChI=1S/C13H28O3Si/c1-4-17(5-2,6-3)16-13-8-7-11-15-12(13)9-10-14/h12-14H,4-11H2,1-3H3/t12-,13+/m1/s1. The van der Waals surface area contributed by atoms with Crippen LogP contribution in [0.4, 0.5) is 0 Å². The van der Waals surface area contributed by atoms with E-state index in [9.17, 15) is 0 Å². The van der Waals surface area contributed by atoms with Gasteiger partial charge in [-0.15, -0.1) is 0 Å². The zero-order valence-corrected chi connectivity index (χ0v) is 12.6. The van der Waals surface area contributed by atoms with Crippen molar-refractivity contribution in [3.63, 3.8) is 0 Å². The van der Waals surface area contributed by atoms with Gasteiger partial charge in [0.15, 0.2) is 8.32 Å². The summed E-state index contributed by atoms with van der Waals surface area (Å²) < 4.78 is 12.2. The average molecular weight is 260 g/mol. The Kier molecular flexibility index (Phi) is 6.70. The van der Waals surface area contributed by atoms with Crippen LogP contribution in [0.1, 0.15) is 40.0 Å². The summed E-state index contributed by atoms with van der Waals surface area (Å²) in [6.45, 7) is 7.78. The summed E-state index contributed by atoms with van der Waals surface area (Å²) in [7, 11) is -1.54. The van der Waals surface area contributed by atoms with Crippen LogP contribution in [-0.4, -0.2) is 38.8 Å². The Labute approximate surface area is 107 Å². The van der Waals surface area contributed by atoms with E-state index in [4.69, 9.17) is 14.3 Å². The average Bonchev–Trinajstić information content (AvgIpc) is 2.38. The van der Waals surface area contributed by atoms with Crippen molar-refractivity contribution in [3.8, 4) is 0 Å². The Morgan fingerprint density at radius 1 is 1.24 bits per heavy atom. The zero-order valence-electron chi connectivity index (χ0n) is 11.6. The second kappa shape index (κ2) is 7.51. The third-order valence-electron chi connectivity index (χ3n) is 4.13. The van der Waals surface area contributed by atoms with Gasteiger partial charge in [0.2, 0.25) is 0 Å². The highest BCUT2D eigenvalue weighted by atomic mass is 28.4. The lowest BCUT2D eigenvalue weighted by Crippen LogP contribution is -2.47. The molecule has 17 heavy (non-hydrogen) atoms. The summed E-state index contributed by atoms with van der Waals surface area (Å²) in [6.07, 6.45) is 3.24. The van der Waals surface area contributed by atoms with E-state index in [-0.39, 0.29) is 18.8 Å². The van der Waals surface area contributed by atoms with E-state index >= 15 is 0 Å². The molecule has 0 aromatic carbocycles. The topological polar surface area (TPSA) is 38.7 Å². The predicted molar refractivity (Wildman–Crippen MR) is 72.7 cm³/mol. The molecule has 1 fully saturated rings. The predicted octanol–water partition coefficient (Wildman–Crippen LogP) is 2.94. The van der Waals surface area contributed by atoms with Gasteiger partial charge in [0.1, 0.15) is 0 Å². The number of aliphatic hydroxyl groups is 1. The molecule has 4 heteroatoms. The largest absolute Gasteiger partial charge is 0.411 e. The summed E-state index contributed by atoms with van der Waals surface area (Å²) >= 11 is 0. The van der Waals surface area contributed by atoms with Gasteiger partial charge in [-0.05, 0) is 37.4 Å². The third kappa shape index (κ3) is 4.05. The zero-order chi connectivity index (χ0) is 12.7. The fourth-order valence-electron chi connectivity index (χ4n) is 2.66. The van der Waals surface area contributed by atoms with E-state index < -0.39 is 8.32 Å². The lowest BCUT2D eigenvalue weighted by molar-refractivity contribution is -0.0752.